The molecular formula is C20H20N2O6S2. The van der Waals surface area contributed by atoms with Crippen molar-refractivity contribution in [2.75, 3.05) is 7.11 Å². The molecule has 0 radical (unpaired) electrons. The molecule has 1 aromatic carbocycles. The molecule has 2 aromatic heterocycles. The van der Waals surface area contributed by atoms with Gasteiger partial charge in [0.1, 0.15) is 22.0 Å². The Balaban J connectivity index is 1.61. The number of carboxylic acids is 1. The van der Waals surface area contributed by atoms with Crippen LogP contribution in [0.3, 0.4) is 0 Å². The van der Waals surface area contributed by atoms with Crippen LogP contribution < -0.4 is 4.72 Å². The Morgan fingerprint density at radius 3 is 2.70 bits per heavy atom. The molecule has 1 aliphatic rings. The molecule has 1 saturated carbocycles. The summed E-state index contributed by atoms with van der Waals surface area (Å²) in [5.74, 6) is -1.51. The average Bonchev–Trinajstić information content (AvgIpc) is 3.12. The highest BCUT2D eigenvalue weighted by Crippen LogP contribution is 2.58. The number of thiophene rings is 1. The number of hydrogen-bond donors (Lipinski definition) is 2. The number of ether oxygens (including phenoxy) is 1. The van der Waals surface area contributed by atoms with Gasteiger partial charge in [-0.3, -0.25) is 4.79 Å². The van der Waals surface area contributed by atoms with Gasteiger partial charge in [-0.1, -0.05) is 42.4 Å². The Labute approximate surface area is 177 Å². The van der Waals surface area contributed by atoms with Crippen molar-refractivity contribution in [2.24, 2.45) is 5.92 Å². The van der Waals surface area contributed by atoms with E-state index in [0.717, 1.165) is 16.9 Å². The predicted molar refractivity (Wildman–Crippen MR) is 110 cm³/mol. The highest BCUT2D eigenvalue weighted by Gasteiger charge is 2.70. The van der Waals surface area contributed by atoms with Gasteiger partial charge in [-0.05, 0) is 23.6 Å². The van der Waals surface area contributed by atoms with E-state index in [1.54, 1.807) is 19.1 Å². The van der Waals surface area contributed by atoms with E-state index < -0.39 is 33.4 Å². The molecule has 0 amide bonds. The molecular weight excluding hydrogens is 428 g/mol. The van der Waals surface area contributed by atoms with Gasteiger partial charge in [-0.2, -0.15) is 4.72 Å². The SMILES string of the molecule is COCc1cc(-c2ccc(S(=O)(=O)N[C@@]3(C(=O)O)[C@H](C)[C@@H]3c3ccccc3)s2)no1. The lowest BCUT2D eigenvalue weighted by atomic mass is 10.1. The van der Waals surface area contributed by atoms with E-state index in [9.17, 15) is 18.3 Å². The second-order valence-electron chi connectivity index (χ2n) is 7.19. The molecule has 3 aromatic rings. The summed E-state index contributed by atoms with van der Waals surface area (Å²) in [5, 5.41) is 13.8. The third kappa shape index (κ3) is 3.45. The van der Waals surface area contributed by atoms with Crippen LogP contribution in [0.15, 0.2) is 57.3 Å². The number of carboxylic acid groups (broad SMARTS) is 1. The van der Waals surface area contributed by atoms with E-state index in [2.05, 4.69) is 9.88 Å². The van der Waals surface area contributed by atoms with Crippen molar-refractivity contribution in [1.82, 2.24) is 9.88 Å². The molecule has 0 bridgehead atoms. The Bertz CT molecular complexity index is 1170. The fraction of sp³-hybridized carbons (Fsp3) is 0.300. The summed E-state index contributed by atoms with van der Waals surface area (Å²) in [7, 11) is -2.53. The van der Waals surface area contributed by atoms with Crippen molar-refractivity contribution >= 4 is 27.3 Å². The van der Waals surface area contributed by atoms with E-state index in [-0.39, 0.29) is 10.8 Å². The van der Waals surface area contributed by atoms with Crippen LogP contribution in [0.5, 0.6) is 0 Å². The third-order valence-corrected chi connectivity index (χ3v) is 8.44. The zero-order valence-corrected chi connectivity index (χ0v) is 17.9. The molecule has 0 unspecified atom stereocenters. The number of methoxy groups -OCH3 is 1. The molecule has 0 spiro atoms. The molecule has 30 heavy (non-hydrogen) atoms. The maximum Gasteiger partial charge on any atom is 0.325 e. The predicted octanol–water partition coefficient (Wildman–Crippen LogP) is 3.08. The van der Waals surface area contributed by atoms with Crippen molar-refractivity contribution in [3.8, 4) is 10.6 Å². The topological polar surface area (TPSA) is 119 Å². The number of hydrogen-bond acceptors (Lipinski definition) is 7. The van der Waals surface area contributed by atoms with Gasteiger partial charge in [-0.25, -0.2) is 8.42 Å². The largest absolute Gasteiger partial charge is 0.480 e. The van der Waals surface area contributed by atoms with E-state index >= 15 is 0 Å². The van der Waals surface area contributed by atoms with Gasteiger partial charge < -0.3 is 14.4 Å². The van der Waals surface area contributed by atoms with Gasteiger partial charge in [0.15, 0.2) is 5.76 Å². The van der Waals surface area contributed by atoms with Crippen molar-refractivity contribution in [3.05, 3.63) is 59.9 Å². The lowest BCUT2D eigenvalue weighted by Crippen LogP contribution is -2.45. The second-order valence-corrected chi connectivity index (χ2v) is 10.2. The lowest BCUT2D eigenvalue weighted by Gasteiger charge is -2.15. The average molecular weight is 449 g/mol. The Morgan fingerprint density at radius 2 is 2.03 bits per heavy atom. The first-order chi connectivity index (χ1) is 14.3. The summed E-state index contributed by atoms with van der Waals surface area (Å²) < 4.78 is 38.7. The molecule has 2 N–H and O–H groups in total. The van der Waals surface area contributed by atoms with Gasteiger partial charge in [0.05, 0.1) is 4.88 Å². The van der Waals surface area contributed by atoms with Crippen LogP contribution in [-0.2, 0) is 26.2 Å². The highest BCUT2D eigenvalue weighted by molar-refractivity contribution is 7.91. The van der Waals surface area contributed by atoms with Crippen LogP contribution in [0.1, 0.15) is 24.2 Å². The summed E-state index contributed by atoms with van der Waals surface area (Å²) in [6.45, 7) is 1.99. The maximum atomic E-state index is 13.0. The Hall–Kier alpha value is -2.53. The maximum absolute atomic E-state index is 13.0. The van der Waals surface area contributed by atoms with Crippen molar-refractivity contribution < 1.29 is 27.6 Å². The standard InChI is InChI=1S/C20H20N2O6S2/c1-12-18(13-6-4-3-5-7-13)20(12,19(23)24)22-30(25,26)17-9-8-16(29-17)15-10-14(11-27-2)28-21-15/h3-10,12,18,22H,11H2,1-2H3,(H,23,24)/t12-,18-,20+/m1/s1. The molecule has 1 aliphatic carbocycles. The number of sulfonamides is 1. The Kier molecular flexibility index (Phi) is 5.27. The first-order valence-electron chi connectivity index (χ1n) is 9.16. The van der Waals surface area contributed by atoms with Gasteiger partial charge in [-0.15, -0.1) is 11.3 Å². The van der Waals surface area contributed by atoms with Gasteiger partial charge >= 0.3 is 5.97 Å². The molecule has 2 heterocycles. The summed E-state index contributed by atoms with van der Waals surface area (Å²) >= 11 is 0.996. The van der Waals surface area contributed by atoms with Crippen LogP contribution in [0.25, 0.3) is 10.6 Å². The van der Waals surface area contributed by atoms with E-state index in [0.29, 0.717) is 16.3 Å². The molecule has 0 saturated heterocycles. The highest BCUT2D eigenvalue weighted by atomic mass is 32.2. The summed E-state index contributed by atoms with van der Waals surface area (Å²) in [6, 6.07) is 13.8. The number of nitrogens with zero attached hydrogens (tertiary/aromatic N) is 1. The molecule has 158 valence electrons. The first-order valence-corrected chi connectivity index (χ1v) is 11.5. The number of carbonyl (C=O) groups is 1. The minimum absolute atomic E-state index is 0.0142. The quantitative estimate of drug-likeness (QED) is 0.543. The summed E-state index contributed by atoms with van der Waals surface area (Å²) in [5.41, 5.74) is -0.303. The fourth-order valence-electron chi connectivity index (χ4n) is 3.82. The van der Waals surface area contributed by atoms with Crippen molar-refractivity contribution in [3.63, 3.8) is 0 Å². The normalized spacial score (nSPS) is 23.4. The molecule has 3 atom stereocenters. The number of nitrogens with one attached hydrogen (secondary N) is 1. The third-order valence-electron chi connectivity index (χ3n) is 5.36. The van der Waals surface area contributed by atoms with Gasteiger partial charge in [0.25, 0.3) is 10.0 Å². The number of aromatic nitrogens is 1. The van der Waals surface area contributed by atoms with E-state index in [1.807, 2.05) is 30.3 Å². The molecule has 4 rings (SSSR count). The zero-order chi connectivity index (χ0) is 21.5. The molecule has 10 heteroatoms. The van der Waals surface area contributed by atoms with Crippen molar-refractivity contribution in [1.29, 1.82) is 0 Å². The van der Waals surface area contributed by atoms with Crippen LogP contribution in [0, 0.1) is 5.92 Å². The minimum atomic E-state index is -4.06. The van der Waals surface area contributed by atoms with Gasteiger partial charge in [0, 0.05) is 19.1 Å². The fourth-order valence-corrected chi connectivity index (χ4v) is 6.53. The molecule has 1 fully saturated rings. The second kappa shape index (κ2) is 7.62. The number of benzene rings is 1. The van der Waals surface area contributed by atoms with Crippen LogP contribution in [0.2, 0.25) is 0 Å². The summed E-state index contributed by atoms with van der Waals surface area (Å²) in [6.07, 6.45) is 0. The first kappa shape index (κ1) is 20.7. The van der Waals surface area contributed by atoms with E-state index in [4.69, 9.17) is 9.26 Å². The van der Waals surface area contributed by atoms with Crippen LogP contribution in [-0.4, -0.2) is 37.3 Å². The van der Waals surface area contributed by atoms with Crippen molar-refractivity contribution in [2.45, 2.75) is 29.2 Å². The number of rotatable bonds is 8. The zero-order valence-electron chi connectivity index (χ0n) is 16.2. The van der Waals surface area contributed by atoms with Gasteiger partial charge in [0.2, 0.25) is 0 Å². The molecule has 0 aliphatic heterocycles. The molecule has 8 nitrogen and oxygen atoms in total. The number of aliphatic carboxylic acids is 1. The monoisotopic (exact) mass is 448 g/mol. The lowest BCUT2D eigenvalue weighted by molar-refractivity contribution is -0.140. The Morgan fingerprint density at radius 1 is 1.30 bits per heavy atom. The smallest absolute Gasteiger partial charge is 0.325 e. The van der Waals surface area contributed by atoms with Crippen LogP contribution in [0.4, 0.5) is 0 Å². The summed E-state index contributed by atoms with van der Waals surface area (Å²) in [4.78, 5) is 12.7. The van der Waals surface area contributed by atoms with E-state index in [1.165, 1.54) is 13.2 Å². The van der Waals surface area contributed by atoms with Crippen LogP contribution >= 0.6 is 11.3 Å². The minimum Gasteiger partial charge on any atom is -0.480 e.